The van der Waals surface area contributed by atoms with Crippen LogP contribution in [0.1, 0.15) is 23.4 Å². The lowest BCUT2D eigenvalue weighted by Gasteiger charge is -2.16. The molecule has 1 aromatic heterocycles. The molecule has 0 spiro atoms. The second-order valence-electron chi connectivity index (χ2n) is 4.69. The van der Waals surface area contributed by atoms with Gasteiger partial charge in [0, 0.05) is 24.0 Å². The Morgan fingerprint density at radius 2 is 2.28 bits per heavy atom. The molecule has 1 heterocycles. The molecule has 0 aromatic carbocycles. The van der Waals surface area contributed by atoms with Gasteiger partial charge in [0.2, 0.25) is 11.9 Å². The number of aromatic nitrogens is 1. The fourth-order valence-corrected chi connectivity index (χ4v) is 2.01. The summed E-state index contributed by atoms with van der Waals surface area (Å²) in [6.45, 7) is 3.96. The van der Waals surface area contributed by atoms with Crippen LogP contribution >= 0.6 is 0 Å². The zero-order valence-corrected chi connectivity index (χ0v) is 10.5. The quantitative estimate of drug-likeness (QED) is 0.587. The minimum atomic E-state index is -0.704. The summed E-state index contributed by atoms with van der Waals surface area (Å²) in [5, 5.41) is 14.3. The molecule has 98 valence electrons. The maximum Gasteiger partial charge on any atom is 0.232 e. The van der Waals surface area contributed by atoms with Crippen molar-refractivity contribution in [1.29, 1.82) is 0 Å². The second-order valence-corrected chi connectivity index (χ2v) is 4.69. The molecule has 1 aromatic rings. The van der Waals surface area contributed by atoms with Crippen molar-refractivity contribution < 1.29 is 14.2 Å². The molecule has 1 fully saturated rings. The molecular formula is C11H15N3O4. The van der Waals surface area contributed by atoms with Gasteiger partial charge in [-0.15, -0.1) is 0 Å². The van der Waals surface area contributed by atoms with E-state index in [2.05, 4.69) is 5.16 Å². The van der Waals surface area contributed by atoms with Gasteiger partial charge < -0.3 is 9.42 Å². The molecule has 0 bridgehead atoms. The topological polar surface area (TPSA) is 89.5 Å². The third-order valence-corrected chi connectivity index (χ3v) is 3.30. The Balaban J connectivity index is 1.99. The molecule has 0 saturated heterocycles. The lowest BCUT2D eigenvalue weighted by atomic mass is 10.2. The van der Waals surface area contributed by atoms with Crippen molar-refractivity contribution in [2.75, 3.05) is 7.05 Å². The molecule has 2 atom stereocenters. The van der Waals surface area contributed by atoms with Crippen LogP contribution in [0, 0.1) is 29.9 Å². The van der Waals surface area contributed by atoms with E-state index in [1.807, 2.05) is 0 Å². The van der Waals surface area contributed by atoms with E-state index in [-0.39, 0.29) is 10.8 Å². The fraction of sp³-hybridized carbons (Fsp3) is 0.636. The summed E-state index contributed by atoms with van der Waals surface area (Å²) in [6.07, 6.45) is 0.345. The molecule has 0 radical (unpaired) electrons. The maximum atomic E-state index is 11.9. The minimum absolute atomic E-state index is 0.184. The molecule has 1 aliphatic carbocycles. The summed E-state index contributed by atoms with van der Waals surface area (Å²) in [5.74, 6) is 0.0240. The Hall–Kier alpha value is -1.92. The van der Waals surface area contributed by atoms with E-state index in [1.54, 1.807) is 20.9 Å². The summed E-state index contributed by atoms with van der Waals surface area (Å²) in [7, 11) is 1.64. The number of carbonyl (C=O) groups is 1. The van der Waals surface area contributed by atoms with Gasteiger partial charge in [-0.1, -0.05) is 5.16 Å². The van der Waals surface area contributed by atoms with Crippen LogP contribution < -0.4 is 0 Å². The van der Waals surface area contributed by atoms with Gasteiger partial charge >= 0.3 is 0 Å². The highest BCUT2D eigenvalue weighted by Gasteiger charge is 2.54. The molecule has 0 N–H and O–H groups in total. The van der Waals surface area contributed by atoms with Crippen LogP contribution in [0.25, 0.3) is 0 Å². The zero-order valence-electron chi connectivity index (χ0n) is 10.5. The third-order valence-electron chi connectivity index (χ3n) is 3.30. The van der Waals surface area contributed by atoms with Crippen molar-refractivity contribution in [3.63, 3.8) is 0 Å². The van der Waals surface area contributed by atoms with Crippen LogP contribution in [0.3, 0.4) is 0 Å². The Morgan fingerprint density at radius 1 is 1.61 bits per heavy atom. The van der Waals surface area contributed by atoms with E-state index in [9.17, 15) is 14.9 Å². The van der Waals surface area contributed by atoms with Crippen LogP contribution in [0.4, 0.5) is 0 Å². The van der Waals surface area contributed by atoms with Crippen molar-refractivity contribution in [3.05, 3.63) is 27.1 Å². The first-order chi connectivity index (χ1) is 8.41. The first-order valence-corrected chi connectivity index (χ1v) is 5.72. The highest BCUT2D eigenvalue weighted by atomic mass is 16.6. The highest BCUT2D eigenvalue weighted by Crippen LogP contribution is 2.34. The minimum Gasteiger partial charge on any atom is -0.361 e. The standard InChI is InChI=1S/C11H15N3O4/c1-6-9(7(2)18-12-6)5-13(3)11(15)8-4-10(8)14(16)17/h8,10H,4-5H2,1-3H3/t8-,10-/m0/s1. The molecule has 1 amide bonds. The van der Waals surface area contributed by atoms with Crippen molar-refractivity contribution in [2.24, 2.45) is 5.92 Å². The summed E-state index contributed by atoms with van der Waals surface area (Å²) >= 11 is 0. The van der Waals surface area contributed by atoms with Gasteiger partial charge in [0.25, 0.3) is 0 Å². The summed E-state index contributed by atoms with van der Waals surface area (Å²) in [5.41, 5.74) is 1.61. The molecule has 0 aliphatic heterocycles. The molecule has 7 heteroatoms. The van der Waals surface area contributed by atoms with Gasteiger partial charge in [-0.3, -0.25) is 14.9 Å². The number of carbonyl (C=O) groups excluding carboxylic acids is 1. The number of rotatable bonds is 4. The van der Waals surface area contributed by atoms with Crippen LogP contribution in [-0.4, -0.2) is 34.0 Å². The SMILES string of the molecule is Cc1noc(C)c1CN(C)C(=O)[C@H]1C[C@@H]1[N+](=O)[O-]. The number of amides is 1. The summed E-state index contributed by atoms with van der Waals surface area (Å²) in [6, 6.07) is -0.704. The number of nitrogens with zero attached hydrogens (tertiary/aromatic N) is 3. The Kier molecular flexibility index (Phi) is 3.06. The van der Waals surface area contributed by atoms with Crippen molar-refractivity contribution in [2.45, 2.75) is 32.9 Å². The van der Waals surface area contributed by atoms with Crippen LogP contribution in [0.5, 0.6) is 0 Å². The maximum absolute atomic E-state index is 11.9. The number of hydrogen-bond acceptors (Lipinski definition) is 5. The first kappa shape index (κ1) is 12.5. The molecular weight excluding hydrogens is 238 g/mol. The van der Waals surface area contributed by atoms with Gasteiger partial charge in [-0.05, 0) is 13.8 Å². The molecule has 0 unspecified atom stereocenters. The summed E-state index contributed by atoms with van der Waals surface area (Å²) < 4.78 is 5.02. The van der Waals surface area contributed by atoms with Crippen molar-refractivity contribution in [3.8, 4) is 0 Å². The van der Waals surface area contributed by atoms with E-state index in [0.717, 1.165) is 11.3 Å². The lowest BCUT2D eigenvalue weighted by Crippen LogP contribution is -2.29. The first-order valence-electron chi connectivity index (χ1n) is 5.72. The average molecular weight is 253 g/mol. The van der Waals surface area contributed by atoms with Crippen molar-refractivity contribution in [1.82, 2.24) is 10.1 Å². The van der Waals surface area contributed by atoms with Gasteiger partial charge in [-0.25, -0.2) is 0 Å². The van der Waals surface area contributed by atoms with Crippen LogP contribution in [0.15, 0.2) is 4.52 Å². The molecule has 18 heavy (non-hydrogen) atoms. The molecule has 1 saturated carbocycles. The number of aryl methyl sites for hydroxylation is 2. The van der Waals surface area contributed by atoms with E-state index in [0.29, 0.717) is 18.7 Å². The number of hydrogen-bond donors (Lipinski definition) is 0. The highest BCUT2D eigenvalue weighted by molar-refractivity contribution is 5.81. The fourth-order valence-electron chi connectivity index (χ4n) is 2.01. The van der Waals surface area contributed by atoms with Gasteiger partial charge in [0.05, 0.1) is 12.2 Å². The normalized spacial score (nSPS) is 21.7. The second kappa shape index (κ2) is 4.40. The molecule has 1 aliphatic rings. The van der Waals surface area contributed by atoms with E-state index >= 15 is 0 Å². The van der Waals surface area contributed by atoms with E-state index < -0.39 is 12.0 Å². The molecule has 2 rings (SSSR count). The Bertz CT molecular complexity index is 477. The zero-order chi connectivity index (χ0) is 13.4. The van der Waals surface area contributed by atoms with Gasteiger partial charge in [0.1, 0.15) is 11.7 Å². The van der Waals surface area contributed by atoms with E-state index in [1.165, 1.54) is 4.90 Å². The lowest BCUT2D eigenvalue weighted by molar-refractivity contribution is -0.497. The van der Waals surface area contributed by atoms with Crippen LogP contribution in [0.2, 0.25) is 0 Å². The number of nitro groups is 1. The largest absolute Gasteiger partial charge is 0.361 e. The van der Waals surface area contributed by atoms with Crippen LogP contribution in [-0.2, 0) is 11.3 Å². The third kappa shape index (κ3) is 2.20. The monoisotopic (exact) mass is 253 g/mol. The van der Waals surface area contributed by atoms with Gasteiger partial charge in [0.15, 0.2) is 0 Å². The molecule has 7 nitrogen and oxygen atoms in total. The smallest absolute Gasteiger partial charge is 0.232 e. The predicted molar refractivity (Wildman–Crippen MR) is 61.3 cm³/mol. The predicted octanol–water partition coefficient (Wildman–Crippen LogP) is 0.915. The van der Waals surface area contributed by atoms with Gasteiger partial charge in [-0.2, -0.15) is 0 Å². The summed E-state index contributed by atoms with van der Waals surface area (Å²) in [4.78, 5) is 23.6. The van der Waals surface area contributed by atoms with Crippen molar-refractivity contribution >= 4 is 5.91 Å². The Labute approximate surface area is 104 Å². The Morgan fingerprint density at radius 3 is 2.72 bits per heavy atom. The average Bonchev–Trinajstić information content (AvgIpc) is 3.05. The van der Waals surface area contributed by atoms with E-state index in [4.69, 9.17) is 4.52 Å².